The molecule has 1 aliphatic carbocycles. The highest BCUT2D eigenvalue weighted by atomic mass is 16.5. The average Bonchev–Trinajstić information content (AvgIpc) is 2.79. The predicted molar refractivity (Wildman–Crippen MR) is 69.4 cm³/mol. The van der Waals surface area contributed by atoms with Crippen molar-refractivity contribution in [2.24, 2.45) is 0 Å². The summed E-state index contributed by atoms with van der Waals surface area (Å²) in [6.45, 7) is 1.82. The lowest BCUT2D eigenvalue weighted by atomic mass is 9.80. The molecule has 0 heterocycles. The summed E-state index contributed by atoms with van der Waals surface area (Å²) in [5, 5.41) is 9.54. The van der Waals surface area contributed by atoms with E-state index in [0.717, 1.165) is 19.3 Å². The summed E-state index contributed by atoms with van der Waals surface area (Å²) in [5.41, 5.74) is 2.17. The molecule has 3 heteroatoms. The molecule has 0 amide bonds. The molecule has 1 aliphatic rings. The number of hydrogen-bond acceptors (Lipinski definition) is 3. The monoisotopic (exact) mass is 245 g/mol. The van der Waals surface area contributed by atoms with Gasteiger partial charge in [0.1, 0.15) is 0 Å². The summed E-state index contributed by atoms with van der Waals surface area (Å²) in [6, 6.07) is 10.8. The third-order valence-electron chi connectivity index (χ3n) is 3.67. The van der Waals surface area contributed by atoms with Gasteiger partial charge in [0, 0.05) is 13.7 Å². The lowest BCUT2D eigenvalue weighted by molar-refractivity contribution is 0.0639. The Morgan fingerprint density at radius 3 is 2.89 bits per heavy atom. The van der Waals surface area contributed by atoms with E-state index in [0.29, 0.717) is 19.8 Å². The zero-order valence-corrected chi connectivity index (χ0v) is 10.8. The summed E-state index contributed by atoms with van der Waals surface area (Å²) in [6.07, 6.45) is 2.68. The Labute approximate surface area is 108 Å². The minimum absolute atomic E-state index is 0.344. The predicted octanol–water partition coefficient (Wildman–Crippen LogP) is 2.45. The Kier molecular flexibility index (Phi) is 4.35. The van der Waals surface area contributed by atoms with Gasteiger partial charge in [-0.3, -0.25) is 0 Å². The fraction of sp³-hybridized carbons (Fsp3) is 0.533. The highest BCUT2D eigenvalue weighted by Gasteiger charge is 2.38. The third kappa shape index (κ3) is 2.55. The number of nitriles is 1. The van der Waals surface area contributed by atoms with E-state index in [1.54, 1.807) is 7.11 Å². The number of nitrogens with zero attached hydrogens (tertiary/aromatic N) is 1. The minimum atomic E-state index is -0.344. The number of methoxy groups -OCH3 is 1. The van der Waals surface area contributed by atoms with Gasteiger partial charge in [-0.1, -0.05) is 24.3 Å². The summed E-state index contributed by atoms with van der Waals surface area (Å²) in [7, 11) is 1.66. The van der Waals surface area contributed by atoms with Gasteiger partial charge in [0.15, 0.2) is 0 Å². The van der Waals surface area contributed by atoms with Crippen LogP contribution >= 0.6 is 0 Å². The number of hydrogen-bond donors (Lipinski definition) is 0. The van der Waals surface area contributed by atoms with E-state index >= 15 is 0 Å². The Balaban J connectivity index is 1.99. The molecule has 0 aromatic heterocycles. The van der Waals surface area contributed by atoms with Gasteiger partial charge >= 0.3 is 0 Å². The highest BCUT2D eigenvalue weighted by molar-refractivity contribution is 5.43. The second-order valence-electron chi connectivity index (χ2n) is 4.71. The Morgan fingerprint density at radius 1 is 1.28 bits per heavy atom. The van der Waals surface area contributed by atoms with E-state index in [2.05, 4.69) is 18.2 Å². The Morgan fingerprint density at radius 2 is 2.11 bits per heavy atom. The highest BCUT2D eigenvalue weighted by Crippen LogP contribution is 2.40. The number of aryl methyl sites for hydroxylation is 1. The van der Waals surface area contributed by atoms with Crippen molar-refractivity contribution in [2.45, 2.75) is 24.7 Å². The standard InChI is InChI=1S/C15H19NO2/c1-17-10-11-18-9-8-15(12-16)7-6-13-4-2-3-5-14(13)15/h2-5H,6-11H2,1H3. The Bertz CT molecular complexity index is 438. The van der Waals surface area contributed by atoms with Crippen LogP contribution in [0.4, 0.5) is 0 Å². The second-order valence-corrected chi connectivity index (χ2v) is 4.71. The quantitative estimate of drug-likeness (QED) is 0.723. The van der Waals surface area contributed by atoms with Crippen LogP contribution in [-0.4, -0.2) is 26.9 Å². The van der Waals surface area contributed by atoms with Crippen LogP contribution in [0.1, 0.15) is 24.0 Å². The van der Waals surface area contributed by atoms with Gasteiger partial charge in [0.2, 0.25) is 0 Å². The largest absolute Gasteiger partial charge is 0.382 e. The van der Waals surface area contributed by atoms with Gasteiger partial charge in [0.25, 0.3) is 0 Å². The van der Waals surface area contributed by atoms with Crippen LogP contribution in [-0.2, 0) is 21.3 Å². The molecule has 3 nitrogen and oxygen atoms in total. The lowest BCUT2D eigenvalue weighted by Crippen LogP contribution is -2.23. The molecular formula is C15H19NO2. The fourth-order valence-corrected chi connectivity index (χ4v) is 2.61. The van der Waals surface area contributed by atoms with Gasteiger partial charge < -0.3 is 9.47 Å². The maximum Gasteiger partial charge on any atom is 0.0850 e. The molecule has 0 radical (unpaired) electrons. The molecular weight excluding hydrogens is 226 g/mol. The molecule has 1 unspecified atom stereocenters. The van der Waals surface area contributed by atoms with Gasteiger partial charge in [0.05, 0.1) is 24.7 Å². The molecule has 0 saturated heterocycles. The summed E-state index contributed by atoms with van der Waals surface area (Å²) >= 11 is 0. The zero-order chi connectivity index (χ0) is 12.8. The van der Waals surface area contributed by atoms with Crippen LogP contribution in [0.15, 0.2) is 24.3 Å². The first-order valence-electron chi connectivity index (χ1n) is 6.39. The van der Waals surface area contributed by atoms with E-state index in [1.165, 1.54) is 11.1 Å². The van der Waals surface area contributed by atoms with E-state index in [9.17, 15) is 5.26 Å². The normalized spacial score (nSPS) is 21.6. The van der Waals surface area contributed by atoms with Gasteiger partial charge in [-0.15, -0.1) is 0 Å². The Hall–Kier alpha value is -1.37. The van der Waals surface area contributed by atoms with Crippen molar-refractivity contribution in [1.29, 1.82) is 5.26 Å². The van der Waals surface area contributed by atoms with Crippen LogP contribution in [0, 0.1) is 11.3 Å². The van der Waals surface area contributed by atoms with Crippen molar-refractivity contribution < 1.29 is 9.47 Å². The topological polar surface area (TPSA) is 42.2 Å². The summed E-state index contributed by atoms with van der Waals surface area (Å²) in [5.74, 6) is 0. The van der Waals surface area contributed by atoms with Crippen LogP contribution in [0.25, 0.3) is 0 Å². The molecule has 0 spiro atoms. The minimum Gasteiger partial charge on any atom is -0.382 e. The van der Waals surface area contributed by atoms with Crippen LogP contribution < -0.4 is 0 Å². The fourth-order valence-electron chi connectivity index (χ4n) is 2.61. The van der Waals surface area contributed by atoms with Crippen molar-refractivity contribution in [2.75, 3.05) is 26.9 Å². The van der Waals surface area contributed by atoms with E-state index < -0.39 is 0 Å². The maximum absolute atomic E-state index is 9.54. The van der Waals surface area contributed by atoms with E-state index in [4.69, 9.17) is 9.47 Å². The van der Waals surface area contributed by atoms with E-state index in [1.807, 2.05) is 12.1 Å². The van der Waals surface area contributed by atoms with Gasteiger partial charge in [-0.05, 0) is 30.4 Å². The van der Waals surface area contributed by atoms with Gasteiger partial charge in [-0.25, -0.2) is 0 Å². The molecule has 0 saturated carbocycles. The van der Waals surface area contributed by atoms with Crippen LogP contribution in [0.5, 0.6) is 0 Å². The number of benzene rings is 1. The average molecular weight is 245 g/mol. The molecule has 96 valence electrons. The molecule has 1 atom stereocenters. The zero-order valence-electron chi connectivity index (χ0n) is 10.8. The number of ether oxygens (including phenoxy) is 2. The lowest BCUT2D eigenvalue weighted by Gasteiger charge is -2.22. The molecule has 0 bridgehead atoms. The van der Waals surface area contributed by atoms with Crippen LogP contribution in [0.2, 0.25) is 0 Å². The molecule has 0 N–H and O–H groups in total. The number of rotatable bonds is 6. The van der Waals surface area contributed by atoms with Crippen molar-refractivity contribution in [3.05, 3.63) is 35.4 Å². The van der Waals surface area contributed by atoms with Crippen molar-refractivity contribution in [3.63, 3.8) is 0 Å². The molecule has 18 heavy (non-hydrogen) atoms. The number of fused-ring (bicyclic) bond motifs is 1. The second kappa shape index (κ2) is 5.99. The third-order valence-corrected chi connectivity index (χ3v) is 3.67. The maximum atomic E-state index is 9.54. The van der Waals surface area contributed by atoms with Crippen molar-refractivity contribution in [1.82, 2.24) is 0 Å². The van der Waals surface area contributed by atoms with Gasteiger partial charge in [-0.2, -0.15) is 5.26 Å². The van der Waals surface area contributed by atoms with Crippen molar-refractivity contribution in [3.8, 4) is 6.07 Å². The molecule has 0 aliphatic heterocycles. The molecule has 0 fully saturated rings. The first-order valence-corrected chi connectivity index (χ1v) is 6.39. The summed E-state index contributed by atoms with van der Waals surface area (Å²) in [4.78, 5) is 0. The molecule has 1 aromatic rings. The van der Waals surface area contributed by atoms with Crippen LogP contribution in [0.3, 0.4) is 0 Å². The smallest absolute Gasteiger partial charge is 0.0850 e. The van der Waals surface area contributed by atoms with E-state index in [-0.39, 0.29) is 5.41 Å². The van der Waals surface area contributed by atoms with Crippen molar-refractivity contribution >= 4 is 0 Å². The molecule has 2 rings (SSSR count). The first kappa shape index (κ1) is 13.1. The molecule has 1 aromatic carbocycles. The SMILES string of the molecule is COCCOCCC1(C#N)CCc2ccccc21. The first-order chi connectivity index (χ1) is 8.82. The summed E-state index contributed by atoms with van der Waals surface area (Å²) < 4.78 is 10.4.